The maximum atomic E-state index is 12.9. The summed E-state index contributed by atoms with van der Waals surface area (Å²) >= 11 is 0. The molecule has 0 saturated carbocycles. The van der Waals surface area contributed by atoms with E-state index in [1.54, 1.807) is 16.9 Å². The molecular weight excluding hydrogens is 416 g/mol. The zero-order valence-electron chi connectivity index (χ0n) is 20.1. The molecule has 1 fully saturated rings. The van der Waals surface area contributed by atoms with Gasteiger partial charge in [0.25, 0.3) is 5.91 Å². The fourth-order valence-corrected chi connectivity index (χ4v) is 4.03. The second-order valence-electron chi connectivity index (χ2n) is 8.90. The summed E-state index contributed by atoms with van der Waals surface area (Å²) in [5, 5.41) is 8.96. The normalized spacial score (nSPS) is 14.8. The number of benzene rings is 1. The van der Waals surface area contributed by atoms with E-state index in [0.29, 0.717) is 24.7 Å². The molecule has 0 unspecified atom stereocenters. The first-order valence-corrected chi connectivity index (χ1v) is 11.7. The minimum absolute atomic E-state index is 0.0235. The van der Waals surface area contributed by atoms with E-state index >= 15 is 0 Å². The van der Waals surface area contributed by atoms with Crippen LogP contribution in [0.5, 0.6) is 5.75 Å². The molecule has 0 spiro atoms. The number of nitrogens with zero attached hydrogens (tertiary/aromatic N) is 6. The predicted octanol–water partition coefficient (Wildman–Crippen LogP) is 3.53. The molecule has 2 aromatic heterocycles. The summed E-state index contributed by atoms with van der Waals surface area (Å²) in [5.74, 6) is 1.26. The van der Waals surface area contributed by atoms with E-state index in [-0.39, 0.29) is 12.6 Å². The van der Waals surface area contributed by atoms with E-state index in [1.807, 2.05) is 21.7 Å². The number of rotatable bonds is 8. The van der Waals surface area contributed by atoms with Gasteiger partial charge >= 0.3 is 0 Å². The highest BCUT2D eigenvalue weighted by molar-refractivity contribution is 5.92. The van der Waals surface area contributed by atoms with Gasteiger partial charge in [-0.05, 0) is 43.5 Å². The number of aryl methyl sites for hydroxylation is 2. The molecule has 1 aliphatic rings. The molecule has 1 saturated heterocycles. The summed E-state index contributed by atoms with van der Waals surface area (Å²) in [5.41, 5.74) is 4.08. The van der Waals surface area contributed by atoms with Crippen molar-refractivity contribution in [2.75, 3.05) is 26.2 Å². The highest BCUT2D eigenvalue weighted by Gasteiger charge is 2.24. The van der Waals surface area contributed by atoms with Gasteiger partial charge in [-0.25, -0.2) is 4.68 Å². The molecule has 4 rings (SSSR count). The average Bonchev–Trinajstić information content (AvgIpc) is 3.44. The van der Waals surface area contributed by atoms with E-state index in [0.717, 1.165) is 37.6 Å². The zero-order valence-corrected chi connectivity index (χ0v) is 20.1. The molecule has 0 aliphatic carbocycles. The Hall–Kier alpha value is -3.13. The van der Waals surface area contributed by atoms with Crippen molar-refractivity contribution >= 4 is 5.91 Å². The van der Waals surface area contributed by atoms with Gasteiger partial charge in [-0.2, -0.15) is 10.2 Å². The van der Waals surface area contributed by atoms with Crippen LogP contribution in [0.1, 0.15) is 54.0 Å². The van der Waals surface area contributed by atoms with Crippen LogP contribution >= 0.6 is 0 Å². The van der Waals surface area contributed by atoms with Crippen LogP contribution in [0.4, 0.5) is 0 Å². The van der Waals surface area contributed by atoms with Crippen molar-refractivity contribution in [1.29, 1.82) is 0 Å². The quantitative estimate of drug-likeness (QED) is 0.525. The fourth-order valence-electron chi connectivity index (χ4n) is 4.03. The first kappa shape index (κ1) is 23.0. The first-order valence-electron chi connectivity index (χ1n) is 11.7. The number of ether oxygens (including phenoxy) is 1. The monoisotopic (exact) mass is 450 g/mol. The standard InChI is InChI=1S/C25H34N6O2/c1-5-30-17-22(20(4)26-30)16-28-12-14-29(15-13-28)25(32)24-10-11-31(27-24)18-33-23-8-6-21(7-9-23)19(2)3/h6-11,17,19H,5,12-16,18H2,1-4H3. The van der Waals surface area contributed by atoms with Gasteiger partial charge in [0.05, 0.1) is 5.69 Å². The number of amides is 1. The van der Waals surface area contributed by atoms with E-state index in [2.05, 4.69) is 61.1 Å². The molecule has 1 aromatic carbocycles. The molecule has 1 aliphatic heterocycles. The van der Waals surface area contributed by atoms with Gasteiger partial charge in [0, 0.05) is 57.2 Å². The Kier molecular flexibility index (Phi) is 7.13. The van der Waals surface area contributed by atoms with Gasteiger partial charge in [-0.3, -0.25) is 14.4 Å². The number of aromatic nitrogens is 4. The highest BCUT2D eigenvalue weighted by atomic mass is 16.5. The van der Waals surface area contributed by atoms with Gasteiger partial charge in [-0.15, -0.1) is 0 Å². The second-order valence-corrected chi connectivity index (χ2v) is 8.90. The Bertz CT molecular complexity index is 1060. The molecule has 8 heteroatoms. The van der Waals surface area contributed by atoms with E-state index in [1.165, 1.54) is 11.1 Å². The summed E-state index contributed by atoms with van der Waals surface area (Å²) in [4.78, 5) is 17.2. The van der Waals surface area contributed by atoms with Crippen molar-refractivity contribution in [2.24, 2.45) is 0 Å². The molecule has 33 heavy (non-hydrogen) atoms. The van der Waals surface area contributed by atoms with Gasteiger partial charge in [-0.1, -0.05) is 26.0 Å². The van der Waals surface area contributed by atoms with E-state index in [4.69, 9.17) is 4.74 Å². The van der Waals surface area contributed by atoms with Crippen LogP contribution in [0.15, 0.2) is 42.7 Å². The van der Waals surface area contributed by atoms with Gasteiger partial charge in [0.1, 0.15) is 5.75 Å². The van der Waals surface area contributed by atoms with Crippen molar-refractivity contribution in [3.05, 3.63) is 65.2 Å². The lowest BCUT2D eigenvalue weighted by molar-refractivity contribution is 0.0620. The smallest absolute Gasteiger partial charge is 0.274 e. The third-order valence-electron chi connectivity index (χ3n) is 6.20. The predicted molar refractivity (Wildman–Crippen MR) is 127 cm³/mol. The lowest BCUT2D eigenvalue weighted by Gasteiger charge is -2.34. The number of piperazine rings is 1. The van der Waals surface area contributed by atoms with Crippen LogP contribution in [0.3, 0.4) is 0 Å². The van der Waals surface area contributed by atoms with E-state index in [9.17, 15) is 4.79 Å². The Balaban J connectivity index is 1.26. The van der Waals surface area contributed by atoms with Gasteiger partial charge in [0.2, 0.25) is 0 Å². The van der Waals surface area contributed by atoms with Gasteiger partial charge in [0.15, 0.2) is 12.4 Å². The lowest BCUT2D eigenvalue weighted by Crippen LogP contribution is -2.48. The molecule has 1 amide bonds. The van der Waals surface area contributed by atoms with Gasteiger partial charge < -0.3 is 9.64 Å². The van der Waals surface area contributed by atoms with E-state index < -0.39 is 0 Å². The minimum Gasteiger partial charge on any atom is -0.471 e. The third-order valence-corrected chi connectivity index (χ3v) is 6.20. The summed E-state index contributed by atoms with van der Waals surface area (Å²) in [6.07, 6.45) is 3.92. The minimum atomic E-state index is -0.0235. The number of hydrogen-bond acceptors (Lipinski definition) is 5. The van der Waals surface area contributed by atoms with Crippen molar-refractivity contribution in [2.45, 2.75) is 53.4 Å². The number of carbonyl (C=O) groups is 1. The van der Waals surface area contributed by atoms with Crippen molar-refractivity contribution in [3.8, 4) is 5.75 Å². The summed E-state index contributed by atoms with van der Waals surface area (Å²) in [7, 11) is 0. The first-order chi connectivity index (χ1) is 15.9. The molecule has 3 aromatic rings. The summed E-state index contributed by atoms with van der Waals surface area (Å²) < 4.78 is 9.46. The molecule has 0 bridgehead atoms. The van der Waals surface area contributed by atoms with Crippen molar-refractivity contribution in [3.63, 3.8) is 0 Å². The van der Waals surface area contributed by atoms with Crippen LogP contribution in [0.25, 0.3) is 0 Å². The highest BCUT2D eigenvalue weighted by Crippen LogP contribution is 2.19. The van der Waals surface area contributed by atoms with Crippen LogP contribution in [0.2, 0.25) is 0 Å². The molecule has 0 radical (unpaired) electrons. The molecular formula is C25H34N6O2. The molecule has 0 N–H and O–H groups in total. The number of hydrogen-bond donors (Lipinski definition) is 0. The van der Waals surface area contributed by atoms with Crippen molar-refractivity contribution < 1.29 is 9.53 Å². The number of carbonyl (C=O) groups excluding carboxylic acids is 1. The fraction of sp³-hybridized carbons (Fsp3) is 0.480. The Morgan fingerprint density at radius 1 is 1.03 bits per heavy atom. The Morgan fingerprint density at radius 3 is 2.39 bits per heavy atom. The Labute approximate surface area is 195 Å². The molecule has 3 heterocycles. The van der Waals surface area contributed by atoms with Crippen LogP contribution in [-0.2, 0) is 19.8 Å². The zero-order chi connectivity index (χ0) is 23.4. The summed E-state index contributed by atoms with van der Waals surface area (Å²) in [6.45, 7) is 13.6. The molecule has 176 valence electrons. The maximum absolute atomic E-state index is 12.9. The van der Waals surface area contributed by atoms with Crippen LogP contribution < -0.4 is 4.74 Å². The van der Waals surface area contributed by atoms with Crippen molar-refractivity contribution in [1.82, 2.24) is 29.4 Å². The molecule has 8 nitrogen and oxygen atoms in total. The lowest BCUT2D eigenvalue weighted by atomic mass is 10.0. The maximum Gasteiger partial charge on any atom is 0.274 e. The Morgan fingerprint density at radius 2 is 1.76 bits per heavy atom. The molecule has 0 atom stereocenters. The third kappa shape index (κ3) is 5.63. The largest absolute Gasteiger partial charge is 0.471 e. The van der Waals surface area contributed by atoms with Crippen LogP contribution in [0, 0.1) is 6.92 Å². The topological polar surface area (TPSA) is 68.4 Å². The SMILES string of the molecule is CCn1cc(CN2CCN(C(=O)c3ccn(COc4ccc(C(C)C)cc4)n3)CC2)c(C)n1. The average molecular weight is 451 g/mol. The van der Waals surface area contributed by atoms with Crippen LogP contribution in [-0.4, -0.2) is 61.4 Å². The summed E-state index contributed by atoms with van der Waals surface area (Å²) in [6, 6.07) is 9.87. The second kappa shape index (κ2) is 10.2.